The summed E-state index contributed by atoms with van der Waals surface area (Å²) >= 11 is 5.64. The number of alkyl halides is 3. The van der Waals surface area contributed by atoms with Gasteiger partial charge in [0.25, 0.3) is 0 Å². The van der Waals surface area contributed by atoms with Crippen molar-refractivity contribution in [3.8, 4) is 11.3 Å². The fraction of sp³-hybridized carbons (Fsp3) is 0.400. The number of rotatable bonds is 2. The number of imidazole rings is 1. The van der Waals surface area contributed by atoms with E-state index in [2.05, 4.69) is 14.9 Å². The van der Waals surface area contributed by atoms with Crippen LogP contribution in [0.5, 0.6) is 0 Å². The quantitative estimate of drug-likeness (QED) is 0.878. The van der Waals surface area contributed by atoms with Gasteiger partial charge in [0.05, 0.1) is 28.5 Å². The van der Waals surface area contributed by atoms with Crippen molar-refractivity contribution in [2.45, 2.75) is 25.1 Å². The molecule has 2 aromatic rings. The highest BCUT2D eigenvalue weighted by molar-refractivity contribution is 6.31. The monoisotopic (exact) mass is 329 g/mol. The van der Waals surface area contributed by atoms with Crippen LogP contribution in [0.2, 0.25) is 5.02 Å². The second-order valence-electron chi connectivity index (χ2n) is 5.51. The first-order chi connectivity index (χ1) is 10.4. The highest BCUT2D eigenvalue weighted by atomic mass is 35.5. The third-order valence-corrected chi connectivity index (χ3v) is 4.34. The number of likely N-dealkylation sites (tertiary alicyclic amines) is 1. The topological polar surface area (TPSA) is 31.9 Å². The summed E-state index contributed by atoms with van der Waals surface area (Å²) < 4.78 is 38.8. The molecule has 22 heavy (non-hydrogen) atoms. The first-order valence-electron chi connectivity index (χ1n) is 6.98. The molecule has 2 heterocycles. The molecular weight excluding hydrogens is 315 g/mol. The standard InChI is InChI=1S/C15H15ClF3N3/c1-22-6-2-3-13(22)14-20-8-12(21-14)9-4-5-11(16)10(7-9)15(17,18)19/h4-5,7-8,13H,2-3,6H2,1H3,(H,20,21)/t13-/m0/s1. The normalized spacial score (nSPS) is 19.8. The lowest BCUT2D eigenvalue weighted by atomic mass is 10.1. The number of aromatic amines is 1. The van der Waals surface area contributed by atoms with Crippen molar-refractivity contribution in [3.05, 3.63) is 40.8 Å². The fourth-order valence-corrected chi connectivity index (χ4v) is 3.04. The molecule has 7 heteroatoms. The third-order valence-electron chi connectivity index (χ3n) is 4.01. The minimum atomic E-state index is -4.47. The molecule has 118 valence electrons. The zero-order chi connectivity index (χ0) is 15.9. The maximum Gasteiger partial charge on any atom is 0.417 e. The van der Waals surface area contributed by atoms with Crippen molar-refractivity contribution in [1.29, 1.82) is 0 Å². The second-order valence-corrected chi connectivity index (χ2v) is 5.92. The first kappa shape index (κ1) is 15.4. The molecule has 1 fully saturated rings. The van der Waals surface area contributed by atoms with Crippen LogP contribution in [0.25, 0.3) is 11.3 Å². The zero-order valence-electron chi connectivity index (χ0n) is 11.9. The van der Waals surface area contributed by atoms with E-state index >= 15 is 0 Å². The second kappa shape index (κ2) is 5.59. The molecule has 0 spiro atoms. The van der Waals surface area contributed by atoms with E-state index in [0.29, 0.717) is 11.3 Å². The summed E-state index contributed by atoms with van der Waals surface area (Å²) in [6, 6.07) is 4.08. The largest absolute Gasteiger partial charge is 0.417 e. The molecule has 1 aromatic carbocycles. The Morgan fingerprint density at radius 2 is 2.14 bits per heavy atom. The molecule has 3 nitrogen and oxygen atoms in total. The van der Waals surface area contributed by atoms with Crippen LogP contribution in [-0.4, -0.2) is 28.5 Å². The molecule has 1 aromatic heterocycles. The Balaban J connectivity index is 1.94. The maximum absolute atomic E-state index is 12.9. The fourth-order valence-electron chi connectivity index (χ4n) is 2.82. The summed E-state index contributed by atoms with van der Waals surface area (Å²) in [5, 5.41) is -0.300. The summed E-state index contributed by atoms with van der Waals surface area (Å²) in [6.07, 6.45) is -0.805. The lowest BCUT2D eigenvalue weighted by Gasteiger charge is -2.16. The molecule has 1 N–H and O–H groups in total. The number of aromatic nitrogens is 2. The van der Waals surface area contributed by atoms with E-state index in [1.807, 2.05) is 7.05 Å². The maximum atomic E-state index is 12.9. The van der Waals surface area contributed by atoms with Gasteiger partial charge < -0.3 is 4.98 Å². The van der Waals surface area contributed by atoms with Gasteiger partial charge in [0.15, 0.2) is 0 Å². The van der Waals surface area contributed by atoms with E-state index in [1.165, 1.54) is 6.07 Å². The average Bonchev–Trinajstić information content (AvgIpc) is 3.06. The van der Waals surface area contributed by atoms with E-state index in [9.17, 15) is 13.2 Å². The van der Waals surface area contributed by atoms with Crippen molar-refractivity contribution in [2.75, 3.05) is 13.6 Å². The van der Waals surface area contributed by atoms with Crippen LogP contribution in [0.1, 0.15) is 30.3 Å². The van der Waals surface area contributed by atoms with Crippen molar-refractivity contribution < 1.29 is 13.2 Å². The predicted octanol–water partition coefficient (Wildman–Crippen LogP) is 4.52. The van der Waals surface area contributed by atoms with E-state index in [0.717, 1.165) is 31.3 Å². The zero-order valence-corrected chi connectivity index (χ0v) is 12.7. The van der Waals surface area contributed by atoms with Crippen LogP contribution >= 0.6 is 11.6 Å². The smallest absolute Gasteiger partial charge is 0.341 e. The van der Waals surface area contributed by atoms with Gasteiger partial charge in [-0.1, -0.05) is 17.7 Å². The number of H-pyrrole nitrogens is 1. The number of hydrogen-bond acceptors (Lipinski definition) is 2. The van der Waals surface area contributed by atoms with E-state index in [1.54, 1.807) is 12.3 Å². The Bertz CT molecular complexity index is 681. The summed E-state index contributed by atoms with van der Waals surface area (Å²) in [5.74, 6) is 0.790. The van der Waals surface area contributed by atoms with Gasteiger partial charge in [-0.15, -0.1) is 0 Å². The summed E-state index contributed by atoms with van der Waals surface area (Å²) in [7, 11) is 2.02. The van der Waals surface area contributed by atoms with Crippen LogP contribution in [0.4, 0.5) is 13.2 Å². The average molecular weight is 330 g/mol. The van der Waals surface area contributed by atoms with Gasteiger partial charge in [0, 0.05) is 5.56 Å². The Kier molecular flexibility index (Phi) is 3.91. The number of nitrogens with one attached hydrogen (secondary N) is 1. The molecule has 1 aliphatic heterocycles. The number of nitrogens with zero attached hydrogens (tertiary/aromatic N) is 2. The van der Waals surface area contributed by atoms with Gasteiger partial charge in [0.2, 0.25) is 0 Å². The third kappa shape index (κ3) is 2.85. The minimum absolute atomic E-state index is 0.197. The lowest BCUT2D eigenvalue weighted by molar-refractivity contribution is -0.137. The van der Waals surface area contributed by atoms with E-state index in [-0.39, 0.29) is 11.1 Å². The molecule has 3 rings (SSSR count). The Labute approximate surface area is 131 Å². The highest BCUT2D eigenvalue weighted by Gasteiger charge is 2.33. The molecule has 0 aliphatic carbocycles. The highest BCUT2D eigenvalue weighted by Crippen LogP contribution is 2.37. The van der Waals surface area contributed by atoms with Gasteiger partial charge >= 0.3 is 6.18 Å². The van der Waals surface area contributed by atoms with Crippen LogP contribution in [0.3, 0.4) is 0 Å². The van der Waals surface area contributed by atoms with Crippen molar-refractivity contribution in [3.63, 3.8) is 0 Å². The summed E-state index contributed by atoms with van der Waals surface area (Å²) in [6.45, 7) is 1.000. The van der Waals surface area contributed by atoms with Crippen molar-refractivity contribution in [1.82, 2.24) is 14.9 Å². The molecular formula is C15H15ClF3N3. The predicted molar refractivity (Wildman–Crippen MR) is 78.6 cm³/mol. The Morgan fingerprint density at radius 1 is 1.36 bits per heavy atom. The van der Waals surface area contributed by atoms with Crippen molar-refractivity contribution >= 4 is 11.6 Å². The summed E-state index contributed by atoms with van der Waals surface area (Å²) in [4.78, 5) is 9.65. The van der Waals surface area contributed by atoms with Gasteiger partial charge in [-0.05, 0) is 38.6 Å². The van der Waals surface area contributed by atoms with E-state index in [4.69, 9.17) is 11.6 Å². The van der Waals surface area contributed by atoms with Gasteiger partial charge in [-0.3, -0.25) is 4.90 Å². The van der Waals surface area contributed by atoms with Gasteiger partial charge in [-0.2, -0.15) is 13.2 Å². The Morgan fingerprint density at radius 3 is 2.77 bits per heavy atom. The molecule has 0 saturated carbocycles. The van der Waals surface area contributed by atoms with Crippen molar-refractivity contribution in [2.24, 2.45) is 0 Å². The molecule has 1 saturated heterocycles. The number of halogens is 4. The van der Waals surface area contributed by atoms with Gasteiger partial charge in [0.1, 0.15) is 5.82 Å². The molecule has 0 radical (unpaired) electrons. The SMILES string of the molecule is CN1CCC[C@H]1c1ncc(-c2ccc(Cl)c(C(F)(F)F)c2)[nH]1. The Hall–Kier alpha value is -1.53. The molecule has 0 amide bonds. The van der Waals surface area contributed by atoms with Crippen LogP contribution in [0.15, 0.2) is 24.4 Å². The van der Waals surface area contributed by atoms with Gasteiger partial charge in [-0.25, -0.2) is 4.98 Å². The summed E-state index contributed by atoms with van der Waals surface area (Å²) in [5.41, 5.74) is 0.161. The molecule has 1 aliphatic rings. The minimum Gasteiger partial charge on any atom is -0.341 e. The first-order valence-corrected chi connectivity index (χ1v) is 7.36. The van der Waals surface area contributed by atoms with Crippen LogP contribution < -0.4 is 0 Å². The number of hydrogen-bond donors (Lipinski definition) is 1. The van der Waals surface area contributed by atoms with Crippen LogP contribution in [-0.2, 0) is 6.18 Å². The van der Waals surface area contributed by atoms with Crippen LogP contribution in [0, 0.1) is 0 Å². The lowest BCUT2D eigenvalue weighted by Crippen LogP contribution is -2.18. The molecule has 0 bridgehead atoms. The number of benzene rings is 1. The van der Waals surface area contributed by atoms with E-state index < -0.39 is 11.7 Å². The molecule has 0 unspecified atom stereocenters. The molecule has 1 atom stereocenters.